The Morgan fingerprint density at radius 1 is 1.57 bits per heavy atom. The first-order chi connectivity index (χ1) is 2.27. The molecule has 0 aromatic carbocycles. The van der Waals surface area contributed by atoms with Crippen LogP contribution in [0.15, 0.2) is 0 Å². The fourth-order valence-corrected chi connectivity index (χ4v) is 0. The maximum Gasteiger partial charge on any atom is 0 e. The van der Waals surface area contributed by atoms with Crippen molar-refractivity contribution in [1.82, 2.24) is 0 Å². The van der Waals surface area contributed by atoms with E-state index in [9.17, 15) is 0 Å². The quantitative estimate of drug-likeness (QED) is 0.546. The van der Waals surface area contributed by atoms with Crippen LogP contribution in [0.25, 0.3) is 0 Å². The Labute approximate surface area is 96.4 Å². The Morgan fingerprint density at radius 3 is 1.71 bits per heavy atom. The monoisotopic (exact) mass is 264 g/mol. The van der Waals surface area contributed by atoms with Crippen LogP contribution < -0.4 is 0 Å². The normalized spacial score (nSPS) is 5.29. The second-order valence-electron chi connectivity index (χ2n) is 0.552. The van der Waals surface area contributed by atoms with Crippen LogP contribution in [0, 0.1) is 0 Å². The predicted octanol–water partition coefficient (Wildman–Crippen LogP) is -1.86. The summed E-state index contributed by atoms with van der Waals surface area (Å²) in [4.78, 5) is 9.12. The van der Waals surface area contributed by atoms with Gasteiger partial charge >= 0.3 is 54.9 Å². The van der Waals surface area contributed by atoms with Crippen molar-refractivity contribution in [2.75, 3.05) is 6.61 Å². The fourth-order valence-electron chi connectivity index (χ4n) is 0. The van der Waals surface area contributed by atoms with E-state index in [0.717, 1.165) is 0 Å². The number of rotatable bonds is 1. The summed E-state index contributed by atoms with van der Waals surface area (Å²) < 4.78 is 0. The van der Waals surface area contributed by atoms with Gasteiger partial charge in [0.05, 0.1) is 0 Å². The predicted molar refractivity (Wildman–Crippen MR) is 23.3 cm³/mol. The first kappa shape index (κ1) is 15.9. The Kier molecular flexibility index (Phi) is 24.2. The van der Waals surface area contributed by atoms with E-state index in [-0.39, 0.29) is 70.6 Å². The van der Waals surface area contributed by atoms with Crippen LogP contribution in [0.5, 0.6) is 0 Å². The van der Waals surface area contributed by atoms with Crippen molar-refractivity contribution >= 4 is 54.9 Å². The summed E-state index contributed by atoms with van der Waals surface area (Å²) in [5.41, 5.74) is 0. The fraction of sp³-hybridized carbons (Fsp3) is 0.500. The summed E-state index contributed by atoms with van der Waals surface area (Å²) in [7, 11) is 0. The molecule has 3 nitrogen and oxygen atoms in total. The minimum Gasteiger partial charge on any atom is 0 e. The molecule has 0 rings (SSSR count). The SMILES string of the molecule is O=C(O)CO.[BaH2].[Ti]. The van der Waals surface area contributed by atoms with Gasteiger partial charge in [-0.25, -0.2) is 4.79 Å². The zero-order valence-corrected chi connectivity index (χ0v) is 4.57. The Morgan fingerprint density at radius 2 is 1.71 bits per heavy atom. The molecule has 5 heteroatoms. The van der Waals surface area contributed by atoms with Crippen LogP contribution in [0.4, 0.5) is 0 Å². The molecular formula is C2H6BaO3Ti. The van der Waals surface area contributed by atoms with E-state index < -0.39 is 12.6 Å². The summed E-state index contributed by atoms with van der Waals surface area (Å²) in [5.74, 6) is -1.19. The summed E-state index contributed by atoms with van der Waals surface area (Å²) in [5, 5.41) is 15.0. The molecule has 0 heterocycles. The van der Waals surface area contributed by atoms with E-state index in [0.29, 0.717) is 0 Å². The average Bonchev–Trinajstić information content (AvgIpc) is 1.38. The number of hydrogen-bond acceptors (Lipinski definition) is 2. The van der Waals surface area contributed by atoms with E-state index in [1.54, 1.807) is 0 Å². The van der Waals surface area contributed by atoms with Gasteiger partial charge in [-0.05, 0) is 0 Å². The topological polar surface area (TPSA) is 57.5 Å². The number of carboxylic acids is 1. The van der Waals surface area contributed by atoms with Crippen molar-refractivity contribution < 1.29 is 36.7 Å². The summed E-state index contributed by atoms with van der Waals surface area (Å²) in [6.45, 7) is -0.778. The molecule has 0 amide bonds. The van der Waals surface area contributed by atoms with Gasteiger partial charge in [-0.2, -0.15) is 0 Å². The molecule has 0 aromatic rings. The molecule has 2 N–H and O–H groups in total. The minimum atomic E-state index is -1.19. The average molecular weight is 263 g/mol. The van der Waals surface area contributed by atoms with Gasteiger partial charge < -0.3 is 10.2 Å². The van der Waals surface area contributed by atoms with E-state index in [2.05, 4.69) is 0 Å². The molecule has 0 bridgehead atoms. The smallest absolute Gasteiger partial charge is 0 e. The van der Waals surface area contributed by atoms with Crippen LogP contribution >= 0.6 is 0 Å². The van der Waals surface area contributed by atoms with E-state index in [4.69, 9.17) is 15.0 Å². The van der Waals surface area contributed by atoms with E-state index >= 15 is 0 Å². The molecule has 0 saturated heterocycles. The third kappa shape index (κ3) is 18.3. The van der Waals surface area contributed by atoms with Gasteiger partial charge in [-0.3, -0.25) is 0 Å². The van der Waals surface area contributed by atoms with Crippen LogP contribution in [-0.2, 0) is 26.5 Å². The third-order valence-electron chi connectivity index (χ3n) is 0.135. The van der Waals surface area contributed by atoms with Gasteiger partial charge in [0.15, 0.2) is 0 Å². The van der Waals surface area contributed by atoms with Crippen LogP contribution in [-0.4, -0.2) is 71.7 Å². The van der Waals surface area contributed by atoms with E-state index in [1.165, 1.54) is 0 Å². The minimum absolute atomic E-state index is 0. The molecule has 0 fully saturated rings. The molecule has 0 aliphatic carbocycles. The molecule has 0 radical (unpaired) electrons. The van der Waals surface area contributed by atoms with Crippen molar-refractivity contribution in [2.45, 2.75) is 0 Å². The summed E-state index contributed by atoms with van der Waals surface area (Å²) in [6.07, 6.45) is 0. The van der Waals surface area contributed by atoms with Gasteiger partial charge in [-0.1, -0.05) is 0 Å². The van der Waals surface area contributed by atoms with Crippen molar-refractivity contribution in [3.05, 3.63) is 0 Å². The zero-order chi connectivity index (χ0) is 4.28. The van der Waals surface area contributed by atoms with Crippen molar-refractivity contribution in [2.24, 2.45) is 0 Å². The first-order valence-electron chi connectivity index (χ1n) is 1.10. The Bertz CT molecular complexity index is 48.2. The van der Waals surface area contributed by atoms with Gasteiger partial charge in [0.1, 0.15) is 6.61 Å². The van der Waals surface area contributed by atoms with Crippen LogP contribution in [0.1, 0.15) is 0 Å². The number of aliphatic hydroxyl groups excluding tert-OH is 1. The molecule has 38 valence electrons. The van der Waals surface area contributed by atoms with Crippen LogP contribution in [0.2, 0.25) is 0 Å². The Hall–Kier alpha value is 1.72. The standard InChI is InChI=1S/C2H4O3.Ba.Ti.2H/c3-1-2(4)5;;;;/h3H,1H2,(H,4,5);;;;. The number of carbonyl (C=O) groups is 1. The maximum atomic E-state index is 9.12. The molecule has 7 heavy (non-hydrogen) atoms. The second-order valence-corrected chi connectivity index (χ2v) is 0.552. The van der Waals surface area contributed by atoms with Crippen LogP contribution in [0.3, 0.4) is 0 Å². The summed E-state index contributed by atoms with van der Waals surface area (Å²) in [6, 6.07) is 0. The molecule has 0 aliphatic heterocycles. The van der Waals surface area contributed by atoms with Crippen molar-refractivity contribution in [3.8, 4) is 0 Å². The largest absolute Gasteiger partial charge is 0 e. The molecule has 0 aliphatic rings. The molecule has 0 unspecified atom stereocenters. The van der Waals surface area contributed by atoms with Crippen molar-refractivity contribution in [3.63, 3.8) is 0 Å². The summed E-state index contributed by atoms with van der Waals surface area (Å²) >= 11 is 0. The van der Waals surface area contributed by atoms with Gasteiger partial charge in [0, 0.05) is 21.7 Å². The maximum absolute atomic E-state index is 9.12. The second kappa shape index (κ2) is 10.7. The number of aliphatic hydroxyl groups is 1. The zero-order valence-electron chi connectivity index (χ0n) is 3.01. The van der Waals surface area contributed by atoms with Gasteiger partial charge in [0.2, 0.25) is 0 Å². The van der Waals surface area contributed by atoms with Gasteiger partial charge in [-0.15, -0.1) is 0 Å². The number of carboxylic acid groups (broad SMARTS) is 1. The third-order valence-corrected chi connectivity index (χ3v) is 0.135. The Balaban J connectivity index is -0.0000000800. The molecule has 0 atom stereocenters. The molecule has 0 aromatic heterocycles. The van der Waals surface area contributed by atoms with Crippen molar-refractivity contribution in [1.29, 1.82) is 0 Å². The number of hydrogen-bond donors (Lipinski definition) is 2. The molecular weight excluding hydrogens is 257 g/mol. The van der Waals surface area contributed by atoms with E-state index in [1.807, 2.05) is 0 Å². The number of aliphatic carboxylic acids is 1. The molecule has 0 spiro atoms. The molecule has 0 saturated carbocycles. The van der Waals surface area contributed by atoms with Gasteiger partial charge in [0.25, 0.3) is 0 Å². The first-order valence-corrected chi connectivity index (χ1v) is 1.10.